The molecule has 1 aliphatic rings. The van der Waals surface area contributed by atoms with Gasteiger partial charge in [0.15, 0.2) is 0 Å². The molecule has 0 amide bonds. The van der Waals surface area contributed by atoms with Crippen LogP contribution in [0.15, 0.2) is 24.5 Å². The summed E-state index contributed by atoms with van der Waals surface area (Å²) in [5.41, 5.74) is 1.30. The van der Waals surface area contributed by atoms with Gasteiger partial charge in [0.2, 0.25) is 0 Å². The second kappa shape index (κ2) is 6.48. The minimum absolute atomic E-state index is 0.360. The maximum absolute atomic E-state index is 8.90. The highest BCUT2D eigenvalue weighted by Gasteiger charge is 2.21. The largest absolute Gasteiger partial charge is 0.301 e. The zero-order valence-corrected chi connectivity index (χ0v) is 10.9. The molecule has 4 nitrogen and oxygen atoms in total. The van der Waals surface area contributed by atoms with E-state index < -0.39 is 0 Å². The molecule has 0 N–H and O–H groups in total. The van der Waals surface area contributed by atoms with Gasteiger partial charge in [-0.05, 0) is 44.3 Å². The first-order valence-electron chi connectivity index (χ1n) is 6.48. The van der Waals surface area contributed by atoms with E-state index in [1.54, 1.807) is 0 Å². The van der Waals surface area contributed by atoms with Gasteiger partial charge in [0, 0.05) is 31.5 Å². The van der Waals surface area contributed by atoms with E-state index >= 15 is 0 Å². The molecule has 0 radical (unpaired) electrons. The fourth-order valence-electron chi connectivity index (χ4n) is 2.47. The van der Waals surface area contributed by atoms with Crippen LogP contribution in [-0.2, 0) is 6.54 Å². The number of nitrogens with zero attached hydrogens (tertiary/aromatic N) is 4. The number of aromatic nitrogens is 1. The third-order valence-corrected chi connectivity index (χ3v) is 3.56. The lowest BCUT2D eigenvalue weighted by molar-refractivity contribution is 0.205. The molecule has 4 heteroatoms. The third kappa shape index (κ3) is 3.52. The van der Waals surface area contributed by atoms with Crippen molar-refractivity contribution < 1.29 is 0 Å². The smallest absolute Gasteiger partial charge is 0.0638 e. The summed E-state index contributed by atoms with van der Waals surface area (Å²) >= 11 is 0. The SMILES string of the molecule is CN1CCCN(Cc2ccncc2)CC1CC#N. The van der Waals surface area contributed by atoms with Gasteiger partial charge in [-0.2, -0.15) is 5.26 Å². The standard InChI is InChI=1S/C14H20N4/c1-17-9-2-10-18(12-14(17)3-6-15)11-13-4-7-16-8-5-13/h4-5,7-8,14H,2-3,9-12H2,1H3. The van der Waals surface area contributed by atoms with Gasteiger partial charge in [-0.3, -0.25) is 9.88 Å². The fourth-order valence-corrected chi connectivity index (χ4v) is 2.47. The Bertz CT molecular complexity index is 398. The number of rotatable bonds is 3. The Labute approximate surface area is 109 Å². The van der Waals surface area contributed by atoms with Crippen LogP contribution in [0.1, 0.15) is 18.4 Å². The van der Waals surface area contributed by atoms with Gasteiger partial charge in [-0.25, -0.2) is 0 Å². The lowest BCUT2D eigenvalue weighted by Gasteiger charge is -2.27. The number of likely N-dealkylation sites (N-methyl/N-ethyl adjacent to an activating group) is 1. The van der Waals surface area contributed by atoms with Crippen LogP contribution in [0.2, 0.25) is 0 Å². The quantitative estimate of drug-likeness (QED) is 0.808. The van der Waals surface area contributed by atoms with Crippen molar-refractivity contribution in [1.82, 2.24) is 14.8 Å². The molecule has 2 heterocycles. The van der Waals surface area contributed by atoms with E-state index in [2.05, 4.69) is 40.0 Å². The summed E-state index contributed by atoms with van der Waals surface area (Å²) in [5.74, 6) is 0. The molecular weight excluding hydrogens is 224 g/mol. The summed E-state index contributed by atoms with van der Waals surface area (Å²) in [4.78, 5) is 8.80. The average molecular weight is 244 g/mol. The molecular formula is C14H20N4. The van der Waals surface area contributed by atoms with Crippen molar-refractivity contribution in [2.45, 2.75) is 25.4 Å². The van der Waals surface area contributed by atoms with Gasteiger partial charge in [0.1, 0.15) is 0 Å². The predicted octanol–water partition coefficient (Wildman–Crippen LogP) is 1.50. The van der Waals surface area contributed by atoms with Crippen LogP contribution >= 0.6 is 0 Å². The molecule has 2 rings (SSSR count). The summed E-state index contributed by atoms with van der Waals surface area (Å²) in [6.45, 7) is 4.12. The zero-order valence-electron chi connectivity index (χ0n) is 10.9. The number of pyridine rings is 1. The van der Waals surface area contributed by atoms with E-state index in [1.165, 1.54) is 12.0 Å². The minimum Gasteiger partial charge on any atom is -0.301 e. The van der Waals surface area contributed by atoms with E-state index in [4.69, 9.17) is 5.26 Å². The lowest BCUT2D eigenvalue weighted by atomic mass is 10.2. The summed E-state index contributed by atoms with van der Waals surface area (Å²) < 4.78 is 0. The van der Waals surface area contributed by atoms with E-state index in [9.17, 15) is 0 Å². The maximum Gasteiger partial charge on any atom is 0.0638 e. The Morgan fingerprint density at radius 1 is 1.39 bits per heavy atom. The van der Waals surface area contributed by atoms with Crippen molar-refractivity contribution in [2.75, 3.05) is 26.7 Å². The van der Waals surface area contributed by atoms with Crippen LogP contribution in [0.25, 0.3) is 0 Å². The van der Waals surface area contributed by atoms with Gasteiger partial charge >= 0.3 is 0 Å². The highest BCUT2D eigenvalue weighted by Crippen LogP contribution is 2.13. The van der Waals surface area contributed by atoms with E-state index in [0.717, 1.165) is 26.2 Å². The molecule has 0 bridgehead atoms. The van der Waals surface area contributed by atoms with Crippen molar-refractivity contribution in [3.8, 4) is 6.07 Å². The highest BCUT2D eigenvalue weighted by molar-refractivity contribution is 5.09. The molecule has 18 heavy (non-hydrogen) atoms. The summed E-state index contributed by atoms with van der Waals surface area (Å²) in [6, 6.07) is 6.79. The first-order valence-corrected chi connectivity index (χ1v) is 6.48. The number of hydrogen-bond acceptors (Lipinski definition) is 4. The first-order chi connectivity index (χ1) is 8.79. The molecule has 1 aromatic rings. The monoisotopic (exact) mass is 244 g/mol. The van der Waals surface area contributed by atoms with Gasteiger partial charge < -0.3 is 4.90 Å². The lowest BCUT2D eigenvalue weighted by Crippen LogP contribution is -2.38. The molecule has 1 saturated heterocycles. The molecule has 0 aliphatic carbocycles. The summed E-state index contributed by atoms with van der Waals surface area (Å²) in [5, 5.41) is 8.90. The van der Waals surface area contributed by atoms with Crippen LogP contribution in [0, 0.1) is 11.3 Å². The van der Waals surface area contributed by atoms with Crippen LogP contribution in [0.3, 0.4) is 0 Å². The molecule has 1 fully saturated rings. The van der Waals surface area contributed by atoms with E-state index in [-0.39, 0.29) is 0 Å². The fraction of sp³-hybridized carbons (Fsp3) is 0.571. The molecule has 1 aliphatic heterocycles. The molecule has 1 aromatic heterocycles. The van der Waals surface area contributed by atoms with Crippen molar-refractivity contribution in [1.29, 1.82) is 5.26 Å². The normalized spacial score (nSPS) is 22.3. The summed E-state index contributed by atoms with van der Waals surface area (Å²) in [7, 11) is 2.12. The van der Waals surface area contributed by atoms with Gasteiger partial charge in [0.05, 0.1) is 12.5 Å². The molecule has 1 atom stereocenters. The van der Waals surface area contributed by atoms with Crippen molar-refractivity contribution in [3.63, 3.8) is 0 Å². The van der Waals surface area contributed by atoms with Gasteiger partial charge in [-0.15, -0.1) is 0 Å². The zero-order chi connectivity index (χ0) is 12.8. The predicted molar refractivity (Wildman–Crippen MR) is 70.8 cm³/mol. The Hall–Kier alpha value is -1.44. The third-order valence-electron chi connectivity index (χ3n) is 3.56. The molecule has 96 valence electrons. The van der Waals surface area contributed by atoms with Crippen LogP contribution < -0.4 is 0 Å². The molecule has 0 aromatic carbocycles. The molecule has 0 saturated carbocycles. The van der Waals surface area contributed by atoms with Crippen molar-refractivity contribution >= 4 is 0 Å². The molecule has 1 unspecified atom stereocenters. The van der Waals surface area contributed by atoms with Crippen molar-refractivity contribution in [3.05, 3.63) is 30.1 Å². The Morgan fingerprint density at radius 3 is 2.89 bits per heavy atom. The van der Waals surface area contributed by atoms with Crippen LogP contribution in [0.5, 0.6) is 0 Å². The number of nitriles is 1. The number of hydrogen-bond donors (Lipinski definition) is 0. The Morgan fingerprint density at radius 2 is 2.17 bits per heavy atom. The minimum atomic E-state index is 0.360. The molecule has 0 spiro atoms. The second-order valence-corrected chi connectivity index (χ2v) is 4.94. The highest BCUT2D eigenvalue weighted by atomic mass is 15.2. The second-order valence-electron chi connectivity index (χ2n) is 4.94. The van der Waals surface area contributed by atoms with Crippen molar-refractivity contribution in [2.24, 2.45) is 0 Å². The van der Waals surface area contributed by atoms with E-state index in [1.807, 2.05) is 12.4 Å². The Kier molecular flexibility index (Phi) is 4.68. The van der Waals surface area contributed by atoms with Crippen LogP contribution in [0.4, 0.5) is 0 Å². The average Bonchev–Trinajstić information content (AvgIpc) is 2.54. The Balaban J connectivity index is 1.98. The van der Waals surface area contributed by atoms with Gasteiger partial charge in [0.25, 0.3) is 0 Å². The van der Waals surface area contributed by atoms with Crippen LogP contribution in [-0.4, -0.2) is 47.5 Å². The van der Waals surface area contributed by atoms with E-state index in [0.29, 0.717) is 12.5 Å². The van der Waals surface area contributed by atoms with Gasteiger partial charge in [-0.1, -0.05) is 0 Å². The maximum atomic E-state index is 8.90. The topological polar surface area (TPSA) is 43.2 Å². The first kappa shape index (κ1) is 13.0. The summed E-state index contributed by atoms with van der Waals surface area (Å²) in [6.07, 6.45) is 5.46.